The molecule has 3 aromatic rings. The third-order valence-corrected chi connectivity index (χ3v) is 5.44. The number of anilines is 1. The second-order valence-corrected chi connectivity index (χ2v) is 7.18. The van der Waals surface area contributed by atoms with Gasteiger partial charge in [-0.05, 0) is 42.0 Å². The van der Waals surface area contributed by atoms with Crippen molar-refractivity contribution < 1.29 is 9.53 Å². The molecule has 0 spiro atoms. The fourth-order valence-corrected chi connectivity index (χ4v) is 3.82. The zero-order valence-corrected chi connectivity index (χ0v) is 16.6. The lowest BCUT2D eigenvalue weighted by Crippen LogP contribution is -2.49. The van der Waals surface area contributed by atoms with Crippen LogP contribution in [0.25, 0.3) is 0 Å². The van der Waals surface area contributed by atoms with Gasteiger partial charge in [0.1, 0.15) is 11.6 Å². The minimum Gasteiger partial charge on any atom is -0.497 e. The number of rotatable bonds is 6. The Morgan fingerprint density at radius 1 is 1.03 bits per heavy atom. The summed E-state index contributed by atoms with van der Waals surface area (Å²) in [5.74, 6) is 1.95. The molecule has 2 aromatic heterocycles. The maximum absolute atomic E-state index is 13.1. The Morgan fingerprint density at radius 2 is 1.83 bits per heavy atom. The molecule has 0 radical (unpaired) electrons. The Bertz CT molecular complexity index is 919. The van der Waals surface area contributed by atoms with Crippen LogP contribution in [0.2, 0.25) is 0 Å². The molecule has 1 fully saturated rings. The van der Waals surface area contributed by atoms with E-state index < -0.39 is 0 Å². The lowest BCUT2D eigenvalue weighted by molar-refractivity contribution is -0.132. The molecular formula is C23H26N4O2. The zero-order chi connectivity index (χ0) is 20.1. The number of methoxy groups -OCH3 is 1. The van der Waals surface area contributed by atoms with Crippen molar-refractivity contribution in [3.05, 3.63) is 78.8 Å². The maximum atomic E-state index is 13.1. The Morgan fingerprint density at radius 3 is 2.52 bits per heavy atom. The third kappa shape index (κ3) is 4.42. The maximum Gasteiger partial charge on any atom is 0.225 e. The summed E-state index contributed by atoms with van der Waals surface area (Å²) in [6.45, 7) is 3.03. The topological polar surface area (TPSA) is 50.6 Å². The summed E-state index contributed by atoms with van der Waals surface area (Å²) < 4.78 is 7.48. The molecule has 1 amide bonds. The van der Waals surface area contributed by atoms with Gasteiger partial charge < -0.3 is 19.1 Å². The first-order valence-corrected chi connectivity index (χ1v) is 9.95. The van der Waals surface area contributed by atoms with E-state index in [4.69, 9.17) is 4.74 Å². The van der Waals surface area contributed by atoms with Crippen LogP contribution in [0.5, 0.6) is 5.75 Å². The summed E-state index contributed by atoms with van der Waals surface area (Å²) in [5.41, 5.74) is 1.07. The van der Waals surface area contributed by atoms with E-state index in [0.717, 1.165) is 30.2 Å². The van der Waals surface area contributed by atoms with E-state index in [1.165, 1.54) is 0 Å². The Hall–Kier alpha value is -3.28. The molecule has 1 aliphatic heterocycles. The predicted octanol–water partition coefficient (Wildman–Crippen LogP) is 3.22. The minimum absolute atomic E-state index is 0.0542. The van der Waals surface area contributed by atoms with Crippen LogP contribution in [0.4, 0.5) is 5.82 Å². The van der Waals surface area contributed by atoms with Gasteiger partial charge in [0.2, 0.25) is 5.91 Å². The largest absolute Gasteiger partial charge is 0.497 e. The van der Waals surface area contributed by atoms with Gasteiger partial charge in [-0.2, -0.15) is 0 Å². The first-order chi connectivity index (χ1) is 14.2. The van der Waals surface area contributed by atoms with Gasteiger partial charge in [-0.25, -0.2) is 4.98 Å². The number of ether oxygens (including phenoxy) is 1. The highest BCUT2D eigenvalue weighted by Crippen LogP contribution is 2.27. The van der Waals surface area contributed by atoms with Crippen molar-refractivity contribution in [3.63, 3.8) is 0 Å². The number of nitrogens with zero attached hydrogens (tertiary/aromatic N) is 4. The van der Waals surface area contributed by atoms with Gasteiger partial charge in [0.25, 0.3) is 0 Å². The number of piperazine rings is 1. The van der Waals surface area contributed by atoms with Crippen LogP contribution in [-0.2, 0) is 4.79 Å². The smallest absolute Gasteiger partial charge is 0.225 e. The SMILES string of the molecule is COc1cccc([C@@H](CC(=O)N2CCN(c3ccccn3)CC2)n2cccc2)c1. The molecular weight excluding hydrogens is 364 g/mol. The molecule has 4 rings (SSSR count). The average molecular weight is 390 g/mol. The highest BCUT2D eigenvalue weighted by molar-refractivity contribution is 5.77. The molecule has 3 heterocycles. The fraction of sp³-hybridized carbons (Fsp3) is 0.304. The Kier molecular flexibility index (Phi) is 5.79. The van der Waals surface area contributed by atoms with Crippen LogP contribution in [-0.4, -0.2) is 53.6 Å². The second kappa shape index (κ2) is 8.82. The predicted molar refractivity (Wildman–Crippen MR) is 113 cm³/mol. The molecule has 0 saturated carbocycles. The summed E-state index contributed by atoms with van der Waals surface area (Å²) >= 11 is 0. The quantitative estimate of drug-likeness (QED) is 0.649. The van der Waals surface area contributed by atoms with E-state index in [2.05, 4.69) is 20.5 Å². The monoisotopic (exact) mass is 390 g/mol. The summed E-state index contributed by atoms with van der Waals surface area (Å²) in [6.07, 6.45) is 6.25. The van der Waals surface area contributed by atoms with Gasteiger partial charge >= 0.3 is 0 Å². The Labute approximate surface area is 171 Å². The van der Waals surface area contributed by atoms with Crippen LogP contribution >= 0.6 is 0 Å². The number of hydrogen-bond acceptors (Lipinski definition) is 4. The number of carbonyl (C=O) groups is 1. The molecule has 1 atom stereocenters. The molecule has 1 aromatic carbocycles. The van der Waals surface area contributed by atoms with E-state index in [9.17, 15) is 4.79 Å². The van der Waals surface area contributed by atoms with E-state index in [1.54, 1.807) is 7.11 Å². The first kappa shape index (κ1) is 19.1. The Balaban J connectivity index is 1.45. The average Bonchev–Trinajstić information content (AvgIpc) is 3.32. The highest BCUT2D eigenvalue weighted by Gasteiger charge is 2.25. The van der Waals surface area contributed by atoms with E-state index in [1.807, 2.05) is 72.0 Å². The van der Waals surface area contributed by atoms with Gasteiger partial charge in [0, 0.05) is 44.8 Å². The lowest BCUT2D eigenvalue weighted by atomic mass is 10.0. The number of pyridine rings is 1. The van der Waals surface area contributed by atoms with E-state index >= 15 is 0 Å². The molecule has 0 aliphatic carbocycles. The number of hydrogen-bond donors (Lipinski definition) is 0. The minimum atomic E-state index is -0.0542. The molecule has 0 N–H and O–H groups in total. The van der Waals surface area contributed by atoms with Gasteiger partial charge in [-0.15, -0.1) is 0 Å². The van der Waals surface area contributed by atoms with Crippen molar-refractivity contribution in [3.8, 4) is 5.75 Å². The molecule has 0 unspecified atom stereocenters. The van der Waals surface area contributed by atoms with Crippen LogP contribution in [0.15, 0.2) is 73.2 Å². The molecule has 6 heteroatoms. The molecule has 150 valence electrons. The lowest BCUT2D eigenvalue weighted by Gasteiger charge is -2.36. The molecule has 0 bridgehead atoms. The van der Waals surface area contributed by atoms with Crippen LogP contribution in [0.3, 0.4) is 0 Å². The van der Waals surface area contributed by atoms with Crippen molar-refractivity contribution in [1.82, 2.24) is 14.5 Å². The fourth-order valence-electron chi connectivity index (χ4n) is 3.82. The van der Waals surface area contributed by atoms with E-state index in [0.29, 0.717) is 19.5 Å². The van der Waals surface area contributed by atoms with Crippen molar-refractivity contribution in [2.24, 2.45) is 0 Å². The molecule has 1 aliphatic rings. The number of carbonyl (C=O) groups excluding carboxylic acids is 1. The van der Waals surface area contributed by atoms with Crippen molar-refractivity contribution in [2.45, 2.75) is 12.5 Å². The van der Waals surface area contributed by atoms with Crippen molar-refractivity contribution in [1.29, 1.82) is 0 Å². The van der Waals surface area contributed by atoms with Crippen LogP contribution < -0.4 is 9.64 Å². The summed E-state index contributed by atoms with van der Waals surface area (Å²) in [7, 11) is 1.66. The normalized spacial score (nSPS) is 15.2. The van der Waals surface area contributed by atoms with E-state index in [-0.39, 0.29) is 11.9 Å². The first-order valence-electron chi connectivity index (χ1n) is 9.95. The summed E-state index contributed by atoms with van der Waals surface area (Å²) in [5, 5.41) is 0. The zero-order valence-electron chi connectivity index (χ0n) is 16.6. The number of amides is 1. The highest BCUT2D eigenvalue weighted by atomic mass is 16.5. The number of benzene rings is 1. The standard InChI is InChI=1S/C23H26N4O2/c1-29-20-8-6-7-19(17-20)21(25-11-4-5-12-25)18-23(28)27-15-13-26(14-16-27)22-9-2-3-10-24-22/h2-12,17,21H,13-16,18H2,1H3/t21-/m1/s1. The van der Waals surface area contributed by atoms with Gasteiger partial charge in [0.05, 0.1) is 19.6 Å². The molecule has 6 nitrogen and oxygen atoms in total. The van der Waals surface area contributed by atoms with Gasteiger partial charge in [0.15, 0.2) is 0 Å². The van der Waals surface area contributed by atoms with Crippen molar-refractivity contribution in [2.75, 3.05) is 38.2 Å². The second-order valence-electron chi connectivity index (χ2n) is 7.18. The summed E-state index contributed by atoms with van der Waals surface area (Å²) in [6, 6.07) is 17.8. The molecule has 29 heavy (non-hydrogen) atoms. The van der Waals surface area contributed by atoms with Gasteiger partial charge in [-0.3, -0.25) is 4.79 Å². The molecule has 1 saturated heterocycles. The van der Waals surface area contributed by atoms with Crippen molar-refractivity contribution >= 4 is 11.7 Å². The van der Waals surface area contributed by atoms with Crippen LogP contribution in [0.1, 0.15) is 18.0 Å². The third-order valence-electron chi connectivity index (χ3n) is 5.44. The number of aromatic nitrogens is 2. The van der Waals surface area contributed by atoms with Gasteiger partial charge in [-0.1, -0.05) is 18.2 Å². The summed E-state index contributed by atoms with van der Waals surface area (Å²) in [4.78, 5) is 21.7. The van der Waals surface area contributed by atoms with Crippen LogP contribution in [0, 0.1) is 0 Å².